The number of carbonyl (C=O) groups excluding carboxylic acids is 1. The highest BCUT2D eigenvalue weighted by Gasteiger charge is 2.15. The van der Waals surface area contributed by atoms with E-state index >= 15 is 0 Å². The summed E-state index contributed by atoms with van der Waals surface area (Å²) in [6, 6.07) is 9.93. The first kappa shape index (κ1) is 11.4. The van der Waals surface area contributed by atoms with Crippen molar-refractivity contribution in [3.8, 4) is 11.1 Å². The fraction of sp³-hybridized carbons (Fsp3) is 0.231. The predicted octanol–water partition coefficient (Wildman–Crippen LogP) is 2.35. The molecule has 4 heteroatoms. The van der Waals surface area contributed by atoms with Crippen LogP contribution in [0.25, 0.3) is 11.1 Å². The van der Waals surface area contributed by atoms with Crippen LogP contribution in [0.3, 0.4) is 0 Å². The van der Waals surface area contributed by atoms with Crippen LogP contribution in [-0.4, -0.2) is 15.7 Å². The molecule has 4 nitrogen and oxygen atoms in total. The molecule has 17 heavy (non-hydrogen) atoms. The second-order valence-corrected chi connectivity index (χ2v) is 3.98. The third-order valence-corrected chi connectivity index (χ3v) is 2.58. The van der Waals surface area contributed by atoms with Gasteiger partial charge in [0.1, 0.15) is 5.82 Å². The Kier molecular flexibility index (Phi) is 2.95. The number of hydrogen-bond donors (Lipinski definition) is 1. The van der Waals surface area contributed by atoms with Crippen LogP contribution in [0.1, 0.15) is 12.6 Å². The fourth-order valence-electron chi connectivity index (χ4n) is 1.92. The third-order valence-electron chi connectivity index (χ3n) is 2.58. The van der Waals surface area contributed by atoms with E-state index in [2.05, 4.69) is 10.4 Å². The predicted molar refractivity (Wildman–Crippen MR) is 67.7 cm³/mol. The van der Waals surface area contributed by atoms with Crippen molar-refractivity contribution in [3.05, 3.63) is 36.0 Å². The molecule has 0 fully saturated rings. The normalized spacial score (nSPS) is 10.3. The molecule has 0 aliphatic carbocycles. The van der Waals surface area contributed by atoms with E-state index in [1.807, 2.05) is 44.3 Å². The topological polar surface area (TPSA) is 46.9 Å². The van der Waals surface area contributed by atoms with Gasteiger partial charge in [0.05, 0.1) is 5.69 Å². The highest BCUT2D eigenvalue weighted by atomic mass is 16.1. The Morgan fingerprint density at radius 3 is 2.53 bits per heavy atom. The minimum Gasteiger partial charge on any atom is -0.311 e. The first-order valence-corrected chi connectivity index (χ1v) is 5.46. The molecule has 1 N–H and O–H groups in total. The van der Waals surface area contributed by atoms with Gasteiger partial charge in [-0.1, -0.05) is 30.3 Å². The van der Waals surface area contributed by atoms with Crippen LogP contribution < -0.4 is 5.32 Å². The number of nitrogens with one attached hydrogen (secondary N) is 1. The molecule has 0 bridgehead atoms. The van der Waals surface area contributed by atoms with Crippen molar-refractivity contribution in [1.29, 1.82) is 0 Å². The highest BCUT2D eigenvalue weighted by molar-refractivity contribution is 5.93. The molecule has 0 aliphatic heterocycles. The second kappa shape index (κ2) is 4.41. The Balaban J connectivity index is 2.56. The minimum absolute atomic E-state index is 0.0924. The minimum atomic E-state index is -0.0924. The summed E-state index contributed by atoms with van der Waals surface area (Å²) in [5, 5.41) is 7.16. The molecule has 1 heterocycles. The van der Waals surface area contributed by atoms with Gasteiger partial charge in [-0.2, -0.15) is 5.10 Å². The number of carbonyl (C=O) groups is 1. The van der Waals surface area contributed by atoms with E-state index in [0.717, 1.165) is 22.6 Å². The van der Waals surface area contributed by atoms with Gasteiger partial charge < -0.3 is 5.32 Å². The molecule has 0 spiro atoms. The van der Waals surface area contributed by atoms with E-state index < -0.39 is 0 Å². The summed E-state index contributed by atoms with van der Waals surface area (Å²) in [6.07, 6.45) is 0. The van der Waals surface area contributed by atoms with Crippen LogP contribution in [0.4, 0.5) is 5.82 Å². The van der Waals surface area contributed by atoms with Gasteiger partial charge in [-0.05, 0) is 12.5 Å². The monoisotopic (exact) mass is 229 g/mol. The number of nitrogens with zero attached hydrogens (tertiary/aromatic N) is 2. The van der Waals surface area contributed by atoms with Crippen molar-refractivity contribution in [3.63, 3.8) is 0 Å². The average Bonchev–Trinajstić information content (AvgIpc) is 2.54. The van der Waals surface area contributed by atoms with Crippen molar-refractivity contribution in [2.45, 2.75) is 13.8 Å². The van der Waals surface area contributed by atoms with E-state index in [0.29, 0.717) is 0 Å². The summed E-state index contributed by atoms with van der Waals surface area (Å²) in [5.41, 5.74) is 2.94. The Bertz CT molecular complexity index is 543. The molecule has 1 aromatic heterocycles. The van der Waals surface area contributed by atoms with Gasteiger partial charge in [0.2, 0.25) is 5.91 Å². The van der Waals surface area contributed by atoms with Crippen LogP contribution in [0.2, 0.25) is 0 Å². The molecule has 0 radical (unpaired) electrons. The first-order chi connectivity index (χ1) is 8.09. The lowest BCUT2D eigenvalue weighted by Crippen LogP contribution is -2.10. The number of benzene rings is 1. The van der Waals surface area contributed by atoms with Crippen molar-refractivity contribution < 1.29 is 4.79 Å². The van der Waals surface area contributed by atoms with Gasteiger partial charge in [-0.25, -0.2) is 0 Å². The molecule has 0 atom stereocenters. The summed E-state index contributed by atoms with van der Waals surface area (Å²) in [5.74, 6) is 0.645. The fourth-order valence-corrected chi connectivity index (χ4v) is 1.92. The quantitative estimate of drug-likeness (QED) is 0.859. The molecular formula is C13H15N3O. The van der Waals surface area contributed by atoms with Crippen LogP contribution in [0.5, 0.6) is 0 Å². The number of anilines is 1. The Morgan fingerprint density at radius 2 is 1.94 bits per heavy atom. The SMILES string of the molecule is CC(=O)Nc1c(-c2ccccc2)c(C)nn1C. The number of aryl methyl sites for hydroxylation is 2. The van der Waals surface area contributed by atoms with Crippen LogP contribution in [0.15, 0.2) is 30.3 Å². The smallest absolute Gasteiger partial charge is 0.222 e. The maximum Gasteiger partial charge on any atom is 0.222 e. The van der Waals surface area contributed by atoms with Crippen LogP contribution in [-0.2, 0) is 11.8 Å². The molecule has 0 saturated heterocycles. The van der Waals surface area contributed by atoms with Gasteiger partial charge >= 0.3 is 0 Å². The highest BCUT2D eigenvalue weighted by Crippen LogP contribution is 2.30. The van der Waals surface area contributed by atoms with Crippen molar-refractivity contribution in [2.75, 3.05) is 5.32 Å². The molecule has 1 amide bonds. The molecule has 0 aliphatic rings. The summed E-state index contributed by atoms with van der Waals surface area (Å²) < 4.78 is 1.69. The lowest BCUT2D eigenvalue weighted by molar-refractivity contribution is -0.114. The average molecular weight is 229 g/mol. The summed E-state index contributed by atoms with van der Waals surface area (Å²) in [6.45, 7) is 3.44. The maximum absolute atomic E-state index is 11.2. The number of aromatic nitrogens is 2. The van der Waals surface area contributed by atoms with Gasteiger partial charge in [0.25, 0.3) is 0 Å². The van der Waals surface area contributed by atoms with E-state index in [1.165, 1.54) is 6.92 Å². The molecular weight excluding hydrogens is 214 g/mol. The van der Waals surface area contributed by atoms with Gasteiger partial charge in [-0.3, -0.25) is 9.48 Å². The van der Waals surface area contributed by atoms with Gasteiger partial charge in [0.15, 0.2) is 0 Å². The molecule has 0 saturated carbocycles. The second-order valence-electron chi connectivity index (χ2n) is 3.98. The van der Waals surface area contributed by atoms with Gasteiger partial charge in [-0.15, -0.1) is 0 Å². The standard InChI is InChI=1S/C13H15N3O/c1-9-12(11-7-5-4-6-8-11)13(14-10(2)17)16(3)15-9/h4-8H,1-3H3,(H,14,17). The molecule has 2 aromatic rings. The van der Waals surface area contributed by atoms with Crippen molar-refractivity contribution in [1.82, 2.24) is 9.78 Å². The molecule has 2 rings (SSSR count). The lowest BCUT2D eigenvalue weighted by Gasteiger charge is -2.06. The molecule has 1 aromatic carbocycles. The summed E-state index contributed by atoms with van der Waals surface area (Å²) in [7, 11) is 1.82. The zero-order valence-corrected chi connectivity index (χ0v) is 10.2. The summed E-state index contributed by atoms with van der Waals surface area (Å²) >= 11 is 0. The first-order valence-electron chi connectivity index (χ1n) is 5.46. The number of hydrogen-bond acceptors (Lipinski definition) is 2. The number of amides is 1. The van der Waals surface area contributed by atoms with Crippen LogP contribution >= 0.6 is 0 Å². The largest absolute Gasteiger partial charge is 0.311 e. The number of rotatable bonds is 2. The van der Waals surface area contributed by atoms with Gasteiger partial charge in [0, 0.05) is 19.5 Å². The Hall–Kier alpha value is -2.10. The molecule has 0 unspecified atom stereocenters. The Morgan fingerprint density at radius 1 is 1.29 bits per heavy atom. The van der Waals surface area contributed by atoms with E-state index in [9.17, 15) is 4.79 Å². The van der Waals surface area contributed by atoms with Crippen molar-refractivity contribution in [2.24, 2.45) is 7.05 Å². The third kappa shape index (κ3) is 2.20. The zero-order valence-electron chi connectivity index (χ0n) is 10.2. The maximum atomic E-state index is 11.2. The van der Waals surface area contributed by atoms with E-state index in [1.54, 1.807) is 4.68 Å². The Labute approximate surface area is 100 Å². The van der Waals surface area contributed by atoms with E-state index in [4.69, 9.17) is 0 Å². The van der Waals surface area contributed by atoms with Crippen LogP contribution in [0, 0.1) is 6.92 Å². The zero-order chi connectivity index (χ0) is 12.4. The summed E-state index contributed by atoms with van der Waals surface area (Å²) in [4.78, 5) is 11.2. The van der Waals surface area contributed by atoms with E-state index in [-0.39, 0.29) is 5.91 Å². The van der Waals surface area contributed by atoms with Crippen molar-refractivity contribution >= 4 is 11.7 Å². The lowest BCUT2D eigenvalue weighted by atomic mass is 10.1. The molecule has 88 valence electrons.